The van der Waals surface area contributed by atoms with Gasteiger partial charge in [-0.2, -0.15) is 5.10 Å². The maximum Gasteiger partial charge on any atom is 0.275 e. The van der Waals surface area contributed by atoms with Gasteiger partial charge in [-0.1, -0.05) is 25.1 Å². The summed E-state index contributed by atoms with van der Waals surface area (Å²) >= 11 is 0. The van der Waals surface area contributed by atoms with E-state index in [0.717, 1.165) is 38.9 Å². The third kappa shape index (κ3) is 2.74. The van der Waals surface area contributed by atoms with Crippen LogP contribution in [0.25, 0.3) is 10.8 Å². The molecule has 6 nitrogen and oxygen atoms in total. The van der Waals surface area contributed by atoms with Crippen molar-refractivity contribution in [2.24, 2.45) is 0 Å². The minimum Gasteiger partial charge on any atom is -0.333 e. The lowest BCUT2D eigenvalue weighted by Gasteiger charge is -2.34. The topological polar surface area (TPSA) is 69.3 Å². The fourth-order valence-corrected chi connectivity index (χ4v) is 4.54. The van der Waals surface area contributed by atoms with E-state index in [0.29, 0.717) is 22.5 Å². The minimum absolute atomic E-state index is 0.0575. The predicted octanol–water partition coefficient (Wildman–Crippen LogP) is 2.01. The highest BCUT2D eigenvalue weighted by Crippen LogP contribution is 2.31. The first kappa shape index (κ1) is 16.3. The zero-order chi connectivity index (χ0) is 17.4. The third-order valence-corrected chi connectivity index (χ3v) is 5.72. The standard InChI is InChI=1S/C19H24N4O2/c1-2-22-11-5-9-15(22)16-10-6-12-23(16)19(25)17-13-7-3-4-8-14(13)18(24)21-20-17/h3-4,7-8,15-16H,2,5-6,9-12H2,1H3,(H,21,24)/t15-,16-/m1/s1. The van der Waals surface area contributed by atoms with Crippen molar-refractivity contribution in [2.75, 3.05) is 19.6 Å². The lowest BCUT2D eigenvalue weighted by molar-refractivity contribution is 0.0645. The molecule has 0 unspecified atom stereocenters. The number of H-pyrrole nitrogens is 1. The van der Waals surface area contributed by atoms with E-state index in [1.165, 1.54) is 6.42 Å². The highest BCUT2D eigenvalue weighted by Gasteiger charge is 2.40. The predicted molar refractivity (Wildman–Crippen MR) is 96.7 cm³/mol. The fourth-order valence-electron chi connectivity index (χ4n) is 4.54. The Morgan fingerprint density at radius 1 is 1.16 bits per heavy atom. The fraction of sp³-hybridized carbons (Fsp3) is 0.526. The van der Waals surface area contributed by atoms with E-state index < -0.39 is 0 Å². The van der Waals surface area contributed by atoms with Crippen LogP contribution in [0.15, 0.2) is 29.1 Å². The second-order valence-corrected chi connectivity index (χ2v) is 6.99. The third-order valence-electron chi connectivity index (χ3n) is 5.72. The van der Waals surface area contributed by atoms with E-state index in [4.69, 9.17) is 0 Å². The minimum atomic E-state index is -0.252. The summed E-state index contributed by atoms with van der Waals surface area (Å²) in [6.45, 7) is 5.12. The van der Waals surface area contributed by atoms with E-state index >= 15 is 0 Å². The molecule has 3 heterocycles. The molecule has 25 heavy (non-hydrogen) atoms. The zero-order valence-corrected chi connectivity index (χ0v) is 14.6. The number of likely N-dealkylation sites (tertiary alicyclic amines) is 2. The van der Waals surface area contributed by atoms with E-state index in [9.17, 15) is 9.59 Å². The first-order chi connectivity index (χ1) is 12.2. The van der Waals surface area contributed by atoms with Crippen LogP contribution in [0.1, 0.15) is 43.1 Å². The van der Waals surface area contributed by atoms with Crippen molar-refractivity contribution < 1.29 is 4.79 Å². The van der Waals surface area contributed by atoms with E-state index in [1.807, 2.05) is 23.1 Å². The van der Waals surface area contributed by atoms with Crippen LogP contribution in [-0.2, 0) is 0 Å². The molecular formula is C19H24N4O2. The number of amides is 1. The first-order valence-corrected chi connectivity index (χ1v) is 9.23. The van der Waals surface area contributed by atoms with Crippen molar-refractivity contribution in [1.29, 1.82) is 0 Å². The van der Waals surface area contributed by atoms with Gasteiger partial charge >= 0.3 is 0 Å². The molecule has 0 aliphatic carbocycles. The summed E-state index contributed by atoms with van der Waals surface area (Å²) in [4.78, 5) is 29.7. The SMILES string of the molecule is CCN1CCC[C@@H]1[C@H]1CCCN1C(=O)c1n[nH]c(=O)c2ccccc12. The molecule has 2 saturated heterocycles. The smallest absolute Gasteiger partial charge is 0.275 e. The summed E-state index contributed by atoms with van der Waals surface area (Å²) in [5, 5.41) is 7.76. The van der Waals surface area contributed by atoms with Gasteiger partial charge in [0.05, 0.1) is 5.39 Å². The van der Waals surface area contributed by atoms with Crippen LogP contribution in [0, 0.1) is 0 Å². The van der Waals surface area contributed by atoms with Crippen LogP contribution < -0.4 is 5.56 Å². The molecule has 0 saturated carbocycles. The maximum absolute atomic E-state index is 13.3. The molecule has 6 heteroatoms. The molecule has 1 amide bonds. The summed E-state index contributed by atoms with van der Waals surface area (Å²) in [5.41, 5.74) is 0.112. The summed E-state index contributed by atoms with van der Waals surface area (Å²) in [7, 11) is 0. The maximum atomic E-state index is 13.3. The molecular weight excluding hydrogens is 316 g/mol. The summed E-state index contributed by atoms with van der Waals surface area (Å²) in [6, 6.07) is 7.90. The normalized spacial score (nSPS) is 24.3. The van der Waals surface area contributed by atoms with Gasteiger partial charge in [-0.05, 0) is 44.8 Å². The number of likely N-dealkylation sites (N-methyl/N-ethyl adjacent to an activating group) is 1. The van der Waals surface area contributed by atoms with Gasteiger partial charge in [-0.3, -0.25) is 14.5 Å². The number of carbonyl (C=O) groups excluding carboxylic acids is 1. The summed E-state index contributed by atoms with van der Waals surface area (Å²) in [5.74, 6) is -0.0575. The number of nitrogens with one attached hydrogen (secondary N) is 1. The quantitative estimate of drug-likeness (QED) is 0.928. The number of aromatic nitrogens is 2. The number of aromatic amines is 1. The Morgan fingerprint density at radius 3 is 2.68 bits per heavy atom. The van der Waals surface area contributed by atoms with Crippen LogP contribution >= 0.6 is 0 Å². The molecule has 1 aromatic carbocycles. The average Bonchev–Trinajstić information content (AvgIpc) is 3.30. The number of hydrogen-bond acceptors (Lipinski definition) is 4. The highest BCUT2D eigenvalue weighted by atomic mass is 16.2. The Balaban J connectivity index is 1.69. The lowest BCUT2D eigenvalue weighted by atomic mass is 10.0. The summed E-state index contributed by atoms with van der Waals surface area (Å²) < 4.78 is 0. The van der Waals surface area contributed by atoms with Gasteiger partial charge in [-0.15, -0.1) is 0 Å². The van der Waals surface area contributed by atoms with Crippen molar-refractivity contribution in [1.82, 2.24) is 20.0 Å². The monoisotopic (exact) mass is 340 g/mol. The Morgan fingerprint density at radius 2 is 1.88 bits per heavy atom. The average molecular weight is 340 g/mol. The second-order valence-electron chi connectivity index (χ2n) is 6.99. The van der Waals surface area contributed by atoms with E-state index in [2.05, 4.69) is 22.0 Å². The molecule has 2 fully saturated rings. The van der Waals surface area contributed by atoms with Gasteiger partial charge in [-0.25, -0.2) is 5.10 Å². The molecule has 0 radical (unpaired) electrons. The van der Waals surface area contributed by atoms with Gasteiger partial charge in [0.25, 0.3) is 11.5 Å². The van der Waals surface area contributed by atoms with Crippen molar-refractivity contribution in [3.05, 3.63) is 40.3 Å². The van der Waals surface area contributed by atoms with Gasteiger partial charge < -0.3 is 4.90 Å². The number of fused-ring (bicyclic) bond motifs is 1. The second kappa shape index (κ2) is 6.59. The van der Waals surface area contributed by atoms with E-state index in [-0.39, 0.29) is 17.5 Å². The van der Waals surface area contributed by atoms with Crippen LogP contribution in [-0.4, -0.2) is 57.6 Å². The number of hydrogen-bond donors (Lipinski definition) is 1. The van der Waals surface area contributed by atoms with Crippen LogP contribution in [0.4, 0.5) is 0 Å². The van der Waals surface area contributed by atoms with Gasteiger partial charge in [0.2, 0.25) is 0 Å². The number of rotatable bonds is 3. The molecule has 2 atom stereocenters. The van der Waals surface area contributed by atoms with Crippen LogP contribution in [0.5, 0.6) is 0 Å². The largest absolute Gasteiger partial charge is 0.333 e. The lowest BCUT2D eigenvalue weighted by Crippen LogP contribution is -2.48. The number of carbonyl (C=O) groups is 1. The summed E-state index contributed by atoms with van der Waals surface area (Å²) in [6.07, 6.45) is 4.44. The molecule has 1 aromatic heterocycles. The Kier molecular flexibility index (Phi) is 4.29. The highest BCUT2D eigenvalue weighted by molar-refractivity contribution is 6.04. The van der Waals surface area contributed by atoms with Crippen molar-refractivity contribution in [3.63, 3.8) is 0 Å². The Bertz CT molecular complexity index is 847. The van der Waals surface area contributed by atoms with Crippen LogP contribution in [0.2, 0.25) is 0 Å². The van der Waals surface area contributed by atoms with Gasteiger partial charge in [0, 0.05) is 24.0 Å². The molecule has 4 rings (SSSR count). The first-order valence-electron chi connectivity index (χ1n) is 9.23. The zero-order valence-electron chi connectivity index (χ0n) is 14.6. The molecule has 0 spiro atoms. The molecule has 0 bridgehead atoms. The molecule has 132 valence electrons. The molecule has 2 aliphatic heterocycles. The Hall–Kier alpha value is -2.21. The van der Waals surface area contributed by atoms with Crippen molar-refractivity contribution in [3.8, 4) is 0 Å². The van der Waals surface area contributed by atoms with E-state index in [1.54, 1.807) is 6.07 Å². The van der Waals surface area contributed by atoms with Gasteiger partial charge in [0.1, 0.15) is 0 Å². The van der Waals surface area contributed by atoms with Crippen molar-refractivity contribution >= 4 is 16.7 Å². The molecule has 2 aliphatic rings. The van der Waals surface area contributed by atoms with Crippen molar-refractivity contribution in [2.45, 2.75) is 44.7 Å². The Labute approximate surface area is 146 Å². The molecule has 2 aromatic rings. The molecule has 1 N–H and O–H groups in total. The number of benzene rings is 1. The van der Waals surface area contributed by atoms with Crippen LogP contribution in [0.3, 0.4) is 0 Å². The van der Waals surface area contributed by atoms with Gasteiger partial charge in [0.15, 0.2) is 5.69 Å². The number of nitrogens with zero attached hydrogens (tertiary/aromatic N) is 3.